The number of amides is 1. The summed E-state index contributed by atoms with van der Waals surface area (Å²) in [5.41, 5.74) is 9.12. The molecular weight excluding hydrogens is 344 g/mol. The van der Waals surface area contributed by atoms with Gasteiger partial charge in [0.15, 0.2) is 5.82 Å². The van der Waals surface area contributed by atoms with Gasteiger partial charge in [0.05, 0.1) is 37.4 Å². The third-order valence-corrected chi connectivity index (χ3v) is 4.42. The van der Waals surface area contributed by atoms with Gasteiger partial charge in [-0.1, -0.05) is 0 Å². The van der Waals surface area contributed by atoms with Crippen LogP contribution >= 0.6 is 0 Å². The molecule has 4 aromatic rings. The number of ether oxygens (including phenoxy) is 2. The van der Waals surface area contributed by atoms with E-state index in [1.807, 2.05) is 42.5 Å². The zero-order valence-electron chi connectivity index (χ0n) is 14.9. The largest absolute Gasteiger partial charge is 0.497 e. The lowest BCUT2D eigenvalue weighted by molar-refractivity contribution is -0.117. The van der Waals surface area contributed by atoms with Crippen molar-refractivity contribution in [2.75, 3.05) is 14.2 Å². The monoisotopic (exact) mass is 362 g/mol. The zero-order valence-corrected chi connectivity index (χ0v) is 14.9. The molecule has 1 amide bonds. The number of aromatic nitrogens is 3. The molecule has 7 nitrogen and oxygen atoms in total. The highest BCUT2D eigenvalue weighted by atomic mass is 16.5. The highest BCUT2D eigenvalue weighted by Gasteiger charge is 2.16. The molecule has 0 aliphatic rings. The van der Waals surface area contributed by atoms with E-state index in [2.05, 4.69) is 9.97 Å². The van der Waals surface area contributed by atoms with Crippen molar-refractivity contribution in [3.8, 4) is 22.9 Å². The Labute approximate surface area is 155 Å². The second-order valence-electron chi connectivity index (χ2n) is 6.13. The molecule has 2 heterocycles. The summed E-state index contributed by atoms with van der Waals surface area (Å²) in [7, 11) is 3.23. The van der Waals surface area contributed by atoms with Crippen LogP contribution in [0.5, 0.6) is 11.5 Å². The van der Waals surface area contributed by atoms with Crippen LogP contribution in [0.15, 0.2) is 42.5 Å². The third-order valence-electron chi connectivity index (χ3n) is 4.42. The lowest BCUT2D eigenvalue weighted by atomic mass is 10.1. The van der Waals surface area contributed by atoms with Gasteiger partial charge in [0.2, 0.25) is 5.91 Å². The molecule has 0 fully saturated rings. The minimum atomic E-state index is -0.452. The van der Waals surface area contributed by atoms with Gasteiger partial charge in [-0.3, -0.25) is 4.79 Å². The van der Waals surface area contributed by atoms with Crippen LogP contribution in [0.1, 0.15) is 5.69 Å². The molecule has 4 rings (SSSR count). The summed E-state index contributed by atoms with van der Waals surface area (Å²) in [6.45, 7) is 0. The van der Waals surface area contributed by atoms with Crippen LogP contribution in [-0.2, 0) is 11.2 Å². The maximum absolute atomic E-state index is 11.6. The number of H-pyrrole nitrogens is 1. The van der Waals surface area contributed by atoms with E-state index in [1.54, 1.807) is 14.2 Å². The molecule has 0 radical (unpaired) electrons. The van der Waals surface area contributed by atoms with Gasteiger partial charge in [-0.2, -0.15) is 0 Å². The summed E-state index contributed by atoms with van der Waals surface area (Å²) in [6, 6.07) is 13.1. The van der Waals surface area contributed by atoms with Crippen molar-refractivity contribution < 1.29 is 14.3 Å². The van der Waals surface area contributed by atoms with Gasteiger partial charge in [0.25, 0.3) is 0 Å². The highest BCUT2D eigenvalue weighted by molar-refractivity contribution is 6.07. The molecule has 0 bridgehead atoms. The van der Waals surface area contributed by atoms with Gasteiger partial charge < -0.3 is 20.2 Å². The standard InChI is InChI=1S/C20H18N4O3/c1-26-12-5-3-11(4-6-12)20-23-16(10-17(21)25)19-18(24-20)14-8-7-13(27-2)9-15(14)22-19/h3-9,22H,10H2,1-2H3,(H2,21,25). The molecule has 0 atom stereocenters. The number of hydrogen-bond donors (Lipinski definition) is 2. The zero-order chi connectivity index (χ0) is 19.0. The number of nitrogens with one attached hydrogen (secondary N) is 1. The second-order valence-corrected chi connectivity index (χ2v) is 6.13. The highest BCUT2D eigenvalue weighted by Crippen LogP contribution is 2.31. The Morgan fingerprint density at radius 2 is 1.74 bits per heavy atom. The molecule has 0 saturated carbocycles. The first-order valence-electron chi connectivity index (χ1n) is 8.38. The Bertz CT molecular complexity index is 1150. The summed E-state index contributed by atoms with van der Waals surface area (Å²) in [6.07, 6.45) is 0.0200. The number of primary amides is 1. The first-order valence-corrected chi connectivity index (χ1v) is 8.38. The average Bonchev–Trinajstić information content (AvgIpc) is 3.05. The molecule has 2 aromatic carbocycles. The van der Waals surface area contributed by atoms with Crippen LogP contribution in [0, 0.1) is 0 Å². The fraction of sp³-hybridized carbons (Fsp3) is 0.150. The number of benzene rings is 2. The van der Waals surface area contributed by atoms with Crippen molar-refractivity contribution in [3.63, 3.8) is 0 Å². The number of nitrogens with zero attached hydrogens (tertiary/aromatic N) is 2. The molecule has 136 valence electrons. The van der Waals surface area contributed by atoms with E-state index in [-0.39, 0.29) is 6.42 Å². The van der Waals surface area contributed by atoms with E-state index in [9.17, 15) is 4.79 Å². The van der Waals surface area contributed by atoms with E-state index >= 15 is 0 Å². The molecule has 2 aromatic heterocycles. The van der Waals surface area contributed by atoms with Crippen LogP contribution in [0.4, 0.5) is 0 Å². The Hall–Kier alpha value is -3.61. The molecule has 3 N–H and O–H groups in total. The number of methoxy groups -OCH3 is 2. The molecule has 27 heavy (non-hydrogen) atoms. The topological polar surface area (TPSA) is 103 Å². The van der Waals surface area contributed by atoms with E-state index < -0.39 is 5.91 Å². The van der Waals surface area contributed by atoms with Gasteiger partial charge in [0.1, 0.15) is 17.0 Å². The smallest absolute Gasteiger partial charge is 0.223 e. The molecule has 0 spiro atoms. The van der Waals surface area contributed by atoms with Gasteiger partial charge in [-0.25, -0.2) is 9.97 Å². The van der Waals surface area contributed by atoms with Crippen molar-refractivity contribution >= 4 is 27.8 Å². The Morgan fingerprint density at radius 3 is 2.41 bits per heavy atom. The van der Waals surface area contributed by atoms with Crippen molar-refractivity contribution in [1.29, 1.82) is 0 Å². The number of aromatic amines is 1. The fourth-order valence-corrected chi connectivity index (χ4v) is 3.09. The number of rotatable bonds is 5. The van der Waals surface area contributed by atoms with Crippen LogP contribution in [0.2, 0.25) is 0 Å². The molecule has 0 saturated heterocycles. The average molecular weight is 362 g/mol. The van der Waals surface area contributed by atoms with Crippen LogP contribution in [-0.4, -0.2) is 35.1 Å². The second kappa shape index (κ2) is 6.60. The van der Waals surface area contributed by atoms with Crippen LogP contribution in [0.25, 0.3) is 33.3 Å². The van der Waals surface area contributed by atoms with E-state index in [0.29, 0.717) is 17.0 Å². The number of hydrogen-bond acceptors (Lipinski definition) is 5. The third kappa shape index (κ3) is 3.03. The molecular formula is C20H18N4O3. The summed E-state index contributed by atoms with van der Waals surface area (Å²) in [4.78, 5) is 24.2. The first-order chi connectivity index (χ1) is 13.1. The summed E-state index contributed by atoms with van der Waals surface area (Å²) >= 11 is 0. The van der Waals surface area contributed by atoms with E-state index in [0.717, 1.165) is 33.5 Å². The van der Waals surface area contributed by atoms with Crippen molar-refractivity contribution in [1.82, 2.24) is 15.0 Å². The van der Waals surface area contributed by atoms with Crippen LogP contribution in [0.3, 0.4) is 0 Å². The fourth-order valence-electron chi connectivity index (χ4n) is 3.09. The molecule has 0 aliphatic heterocycles. The van der Waals surface area contributed by atoms with Gasteiger partial charge in [-0.05, 0) is 36.4 Å². The Balaban J connectivity index is 1.96. The molecule has 7 heteroatoms. The lowest BCUT2D eigenvalue weighted by Crippen LogP contribution is -2.15. The summed E-state index contributed by atoms with van der Waals surface area (Å²) in [5, 5.41) is 0.925. The minimum Gasteiger partial charge on any atom is -0.497 e. The first kappa shape index (κ1) is 16.8. The van der Waals surface area contributed by atoms with E-state index in [4.69, 9.17) is 20.2 Å². The normalized spacial score (nSPS) is 11.0. The van der Waals surface area contributed by atoms with E-state index in [1.165, 1.54) is 0 Å². The predicted molar refractivity (Wildman–Crippen MR) is 103 cm³/mol. The molecule has 0 unspecified atom stereocenters. The lowest BCUT2D eigenvalue weighted by Gasteiger charge is -2.06. The summed E-state index contributed by atoms with van der Waals surface area (Å²) < 4.78 is 10.5. The maximum atomic E-state index is 11.6. The molecule has 0 aliphatic carbocycles. The Kier molecular flexibility index (Phi) is 4.12. The van der Waals surface area contributed by atoms with Gasteiger partial charge >= 0.3 is 0 Å². The number of carbonyl (C=O) groups is 1. The van der Waals surface area contributed by atoms with Crippen molar-refractivity contribution in [2.24, 2.45) is 5.73 Å². The SMILES string of the molecule is COc1ccc(-c2nc(CC(N)=O)c3[nH]c4cc(OC)ccc4c3n2)cc1. The number of carbonyl (C=O) groups excluding carboxylic acids is 1. The van der Waals surface area contributed by atoms with Gasteiger partial charge in [-0.15, -0.1) is 0 Å². The number of fused-ring (bicyclic) bond motifs is 3. The number of nitrogens with two attached hydrogens (primary N) is 1. The Morgan fingerprint density at radius 1 is 1.04 bits per heavy atom. The van der Waals surface area contributed by atoms with Crippen LogP contribution < -0.4 is 15.2 Å². The maximum Gasteiger partial charge on any atom is 0.223 e. The van der Waals surface area contributed by atoms with Gasteiger partial charge in [0, 0.05) is 17.0 Å². The summed E-state index contributed by atoms with van der Waals surface area (Å²) in [5.74, 6) is 1.55. The minimum absolute atomic E-state index is 0.0200. The van der Waals surface area contributed by atoms with Crippen molar-refractivity contribution in [2.45, 2.75) is 6.42 Å². The quantitative estimate of drug-likeness (QED) is 0.568. The predicted octanol–water partition coefficient (Wildman–Crippen LogP) is 2.82. The van der Waals surface area contributed by atoms with Crippen molar-refractivity contribution in [3.05, 3.63) is 48.2 Å².